The fourth-order valence-corrected chi connectivity index (χ4v) is 6.37. The summed E-state index contributed by atoms with van der Waals surface area (Å²) in [6.07, 6.45) is 16.1. The molecule has 1 atom stereocenters. The van der Waals surface area contributed by atoms with Crippen molar-refractivity contribution in [1.29, 1.82) is 0 Å². The zero-order chi connectivity index (χ0) is 28.2. The molecule has 1 unspecified atom stereocenters. The molecule has 0 heterocycles. The van der Waals surface area contributed by atoms with Gasteiger partial charge in [-0.05, 0) is 37.0 Å². The van der Waals surface area contributed by atoms with Gasteiger partial charge in [0, 0.05) is 0 Å². The van der Waals surface area contributed by atoms with E-state index < -0.39 is 0 Å². The molecule has 0 saturated heterocycles. The molecule has 0 spiro atoms. The van der Waals surface area contributed by atoms with Crippen molar-refractivity contribution in [2.45, 2.75) is 87.0 Å². The molecule has 3 aromatic carbocycles. The van der Waals surface area contributed by atoms with Crippen molar-refractivity contribution >= 4 is 3.71 Å². The minimum atomic E-state index is 0. The van der Waals surface area contributed by atoms with Crippen molar-refractivity contribution in [1.82, 2.24) is 0 Å². The van der Waals surface area contributed by atoms with Gasteiger partial charge in [-0.1, -0.05) is 88.8 Å². The van der Waals surface area contributed by atoms with Crippen LogP contribution in [0.15, 0.2) is 60.2 Å². The Labute approximate surface area is 277 Å². The van der Waals surface area contributed by atoms with Gasteiger partial charge in [0.15, 0.2) is 0 Å². The summed E-state index contributed by atoms with van der Waals surface area (Å²) in [5.41, 5.74) is 15.7. The van der Waals surface area contributed by atoms with Crippen LogP contribution in [0.4, 0.5) is 0 Å². The van der Waals surface area contributed by atoms with E-state index in [0.717, 1.165) is 6.42 Å². The van der Waals surface area contributed by atoms with Gasteiger partial charge in [0.25, 0.3) is 0 Å². The van der Waals surface area contributed by atoms with Crippen molar-refractivity contribution in [3.63, 3.8) is 0 Å². The molecule has 41 heavy (non-hydrogen) atoms. The Hall–Kier alpha value is -1.53. The molecular formula is C38H44Cl2Zr-2. The van der Waals surface area contributed by atoms with Crippen molar-refractivity contribution in [3.05, 3.63) is 117 Å². The maximum absolute atomic E-state index is 3.54. The Kier molecular flexibility index (Phi) is 13.7. The average molecular weight is 663 g/mol. The Morgan fingerprint density at radius 3 is 2.02 bits per heavy atom. The maximum atomic E-state index is 3.54. The molecule has 0 amide bonds. The topological polar surface area (TPSA) is 0 Å². The van der Waals surface area contributed by atoms with Crippen LogP contribution < -0.4 is 24.8 Å². The smallest absolute Gasteiger partial charge is 1.00 e. The van der Waals surface area contributed by atoms with Crippen LogP contribution in [0.1, 0.15) is 90.5 Å². The number of benzene rings is 3. The van der Waals surface area contributed by atoms with Crippen molar-refractivity contribution in [2.75, 3.05) is 0 Å². The first-order valence-corrected chi connectivity index (χ1v) is 16.0. The van der Waals surface area contributed by atoms with Crippen LogP contribution >= 0.6 is 0 Å². The molecule has 0 radical (unpaired) electrons. The third-order valence-corrected chi connectivity index (χ3v) is 9.64. The summed E-state index contributed by atoms with van der Waals surface area (Å²) < 4.78 is 2.19. The third kappa shape index (κ3) is 8.99. The summed E-state index contributed by atoms with van der Waals surface area (Å²) >= 11 is 1.47. The second kappa shape index (κ2) is 15.8. The molecule has 6 rings (SSSR count). The Morgan fingerprint density at radius 1 is 0.829 bits per heavy atom. The maximum Gasteiger partial charge on any atom is -1.00 e. The van der Waals surface area contributed by atoms with Crippen molar-refractivity contribution in [3.8, 4) is 11.1 Å². The molecule has 0 N–H and O–H groups in total. The number of rotatable bonds is 2. The predicted molar refractivity (Wildman–Crippen MR) is 165 cm³/mol. The van der Waals surface area contributed by atoms with Crippen molar-refractivity contribution in [2.24, 2.45) is 11.3 Å². The number of allylic oxidation sites excluding steroid dienone is 4. The summed E-state index contributed by atoms with van der Waals surface area (Å²) in [6, 6.07) is 19.1. The molecule has 3 aliphatic carbocycles. The zero-order valence-electron chi connectivity index (χ0n) is 25.8. The van der Waals surface area contributed by atoms with E-state index in [4.69, 9.17) is 0 Å². The largest absolute Gasteiger partial charge is 1.00 e. The van der Waals surface area contributed by atoms with Gasteiger partial charge >= 0.3 is 70.3 Å². The average Bonchev–Trinajstić information content (AvgIpc) is 3.50. The fourth-order valence-electron chi connectivity index (χ4n) is 5.89. The van der Waals surface area contributed by atoms with Gasteiger partial charge in [0.2, 0.25) is 0 Å². The summed E-state index contributed by atoms with van der Waals surface area (Å²) in [6.45, 7) is 15.5. The molecule has 3 aliphatic rings. The number of aryl methyl sites for hydroxylation is 5. The third-order valence-electron chi connectivity index (χ3n) is 8.82. The van der Waals surface area contributed by atoms with Crippen LogP contribution in [-0.4, -0.2) is 3.71 Å². The van der Waals surface area contributed by atoms with E-state index in [0.29, 0.717) is 11.3 Å². The molecule has 0 aliphatic heterocycles. The molecule has 0 aromatic heterocycles. The molecule has 1 fully saturated rings. The summed E-state index contributed by atoms with van der Waals surface area (Å²) in [4.78, 5) is 0. The Bertz CT molecular complexity index is 1330. The van der Waals surface area contributed by atoms with Gasteiger partial charge in [-0.2, -0.15) is 34.9 Å². The SMILES string of the molecule is CC1[C-]=CC(C2(C)CCCCC2)=C1.Cc1[c-]c2c(cc1C)-c1cc(C)c(C)cc1C2.Cc1ccc([CH]=[Zr+2])cc1.[Cl-].[Cl-]. The Morgan fingerprint density at radius 2 is 1.44 bits per heavy atom. The summed E-state index contributed by atoms with van der Waals surface area (Å²) in [5, 5.41) is 0. The van der Waals surface area contributed by atoms with Crippen LogP contribution in [-0.2, 0) is 30.7 Å². The van der Waals surface area contributed by atoms with E-state index in [-0.39, 0.29) is 24.8 Å². The first-order valence-electron chi connectivity index (χ1n) is 14.6. The second-order valence-electron chi connectivity index (χ2n) is 12.1. The fraction of sp³-hybridized carbons (Fsp3) is 0.395. The van der Waals surface area contributed by atoms with Crippen LogP contribution in [0, 0.1) is 58.1 Å². The Balaban J connectivity index is 0.000000220. The van der Waals surface area contributed by atoms with Crippen LogP contribution in [0.25, 0.3) is 11.1 Å². The van der Waals surface area contributed by atoms with Gasteiger partial charge < -0.3 is 24.8 Å². The molecule has 1 saturated carbocycles. The number of halogens is 2. The number of hydrogen-bond donors (Lipinski definition) is 0. The number of hydrogen-bond acceptors (Lipinski definition) is 0. The van der Waals surface area contributed by atoms with Gasteiger partial charge in [0.1, 0.15) is 0 Å². The molecule has 216 valence electrons. The zero-order valence-corrected chi connectivity index (χ0v) is 29.8. The summed E-state index contributed by atoms with van der Waals surface area (Å²) in [7, 11) is 0. The quantitative estimate of drug-likeness (QED) is 0.286. The van der Waals surface area contributed by atoms with E-state index in [1.54, 1.807) is 5.57 Å². The van der Waals surface area contributed by atoms with Crippen LogP contribution in [0.5, 0.6) is 0 Å². The predicted octanol–water partition coefficient (Wildman–Crippen LogP) is 3.88. The van der Waals surface area contributed by atoms with Gasteiger partial charge in [-0.15, -0.1) is 11.1 Å². The van der Waals surface area contributed by atoms with Gasteiger partial charge in [-0.25, -0.2) is 6.08 Å². The molecule has 0 bridgehead atoms. The van der Waals surface area contributed by atoms with Crippen LogP contribution in [0.2, 0.25) is 0 Å². The van der Waals surface area contributed by atoms with Gasteiger partial charge in [0.05, 0.1) is 0 Å². The summed E-state index contributed by atoms with van der Waals surface area (Å²) in [5.74, 6) is 0.550. The minimum absolute atomic E-state index is 0. The first-order chi connectivity index (χ1) is 18.6. The van der Waals surface area contributed by atoms with E-state index in [1.165, 1.54) is 112 Å². The number of fused-ring (bicyclic) bond motifs is 3. The monoisotopic (exact) mass is 660 g/mol. The molecular weight excluding hydrogens is 619 g/mol. The van der Waals surface area contributed by atoms with Crippen molar-refractivity contribution < 1.29 is 49.0 Å². The normalized spacial score (nSPS) is 17.3. The van der Waals surface area contributed by atoms with E-state index in [9.17, 15) is 0 Å². The first kappa shape index (κ1) is 35.7. The van der Waals surface area contributed by atoms with Gasteiger partial charge in [-0.3, -0.25) is 6.08 Å². The minimum Gasteiger partial charge on any atom is -1.00 e. The molecule has 0 nitrogen and oxygen atoms in total. The van der Waals surface area contributed by atoms with E-state index in [2.05, 4.69) is 119 Å². The standard InChI is InChI=1S/C17H17.C13H19.C8H8.2ClH.Zr/c1-10-5-14-9-15-6-11(2)13(4)8-17(15)16(14)7-12(10)3;1-11-6-7-12(10-11)13(2)8-4-3-5-9-13;1-7-3-5-8(2)6-4-7;;;/h5,7-8H,9H2,1-4H3;7,10-11H,3-5,8-9H2,1-2H3;1,3-6H,2H3;2*1H;/q2*-1;;;;+2/p-2. The molecule has 3 heteroatoms. The van der Waals surface area contributed by atoms with E-state index in [1.807, 2.05) is 0 Å². The van der Waals surface area contributed by atoms with Crippen LogP contribution in [0.3, 0.4) is 0 Å². The molecule has 3 aromatic rings. The van der Waals surface area contributed by atoms with E-state index >= 15 is 0 Å². The second-order valence-corrected chi connectivity index (χ2v) is 12.8.